The van der Waals surface area contributed by atoms with Crippen molar-refractivity contribution in [1.29, 1.82) is 0 Å². The van der Waals surface area contributed by atoms with Gasteiger partial charge in [-0.1, -0.05) is 20.8 Å². The number of rotatable bonds is 10. The number of aliphatic imine (C=N–C) groups is 1. The maximum absolute atomic E-state index is 11.3. The Morgan fingerprint density at radius 1 is 1.24 bits per heavy atom. The van der Waals surface area contributed by atoms with E-state index >= 15 is 0 Å². The van der Waals surface area contributed by atoms with Gasteiger partial charge in [-0.15, -0.1) is 24.0 Å². The van der Waals surface area contributed by atoms with Crippen LogP contribution >= 0.6 is 24.0 Å². The fraction of sp³-hybridized carbons (Fsp3) is 0.923. The van der Waals surface area contributed by atoms with E-state index < -0.39 is 9.84 Å². The van der Waals surface area contributed by atoms with Crippen molar-refractivity contribution in [2.24, 2.45) is 10.9 Å². The van der Waals surface area contributed by atoms with Gasteiger partial charge in [0.1, 0.15) is 0 Å². The van der Waals surface area contributed by atoms with E-state index in [1.165, 1.54) is 0 Å². The molecular weight excluding hydrogens is 405 g/mol. The molecule has 0 saturated heterocycles. The van der Waals surface area contributed by atoms with Crippen molar-refractivity contribution in [2.75, 3.05) is 44.9 Å². The van der Waals surface area contributed by atoms with Crippen molar-refractivity contribution < 1.29 is 13.2 Å². The molecule has 0 aromatic rings. The van der Waals surface area contributed by atoms with E-state index in [1.54, 1.807) is 14.0 Å². The lowest BCUT2D eigenvalue weighted by atomic mass is 10.2. The first kappa shape index (κ1) is 23.2. The molecule has 0 unspecified atom stereocenters. The molecule has 128 valence electrons. The zero-order valence-corrected chi connectivity index (χ0v) is 16.7. The van der Waals surface area contributed by atoms with Crippen LogP contribution in [0.4, 0.5) is 0 Å². The first-order valence-corrected chi connectivity index (χ1v) is 8.96. The number of hydrogen-bond acceptors (Lipinski definition) is 4. The van der Waals surface area contributed by atoms with E-state index in [9.17, 15) is 8.42 Å². The molecule has 0 heterocycles. The van der Waals surface area contributed by atoms with E-state index in [2.05, 4.69) is 29.5 Å². The molecule has 0 aromatic carbocycles. The minimum absolute atomic E-state index is 0. The Labute approximate surface area is 146 Å². The zero-order valence-electron chi connectivity index (χ0n) is 13.5. The van der Waals surface area contributed by atoms with Gasteiger partial charge in [-0.05, 0) is 12.3 Å². The highest BCUT2D eigenvalue weighted by Crippen LogP contribution is 1.92. The summed E-state index contributed by atoms with van der Waals surface area (Å²) in [5.41, 5.74) is 0. The molecular formula is C13H30IN3O3S. The van der Waals surface area contributed by atoms with Crippen molar-refractivity contribution in [3.05, 3.63) is 0 Å². The van der Waals surface area contributed by atoms with E-state index in [1.807, 2.05) is 0 Å². The molecule has 8 heteroatoms. The molecule has 0 fully saturated rings. The van der Waals surface area contributed by atoms with E-state index in [0.717, 1.165) is 19.6 Å². The maximum Gasteiger partial charge on any atom is 0.191 e. The summed E-state index contributed by atoms with van der Waals surface area (Å²) >= 11 is 0. The lowest BCUT2D eigenvalue weighted by Gasteiger charge is -2.12. The van der Waals surface area contributed by atoms with Crippen LogP contribution in [0.2, 0.25) is 0 Å². The Morgan fingerprint density at radius 2 is 1.86 bits per heavy atom. The van der Waals surface area contributed by atoms with Gasteiger partial charge < -0.3 is 15.4 Å². The first-order chi connectivity index (χ1) is 9.41. The third-order valence-electron chi connectivity index (χ3n) is 2.58. The highest BCUT2D eigenvalue weighted by Gasteiger charge is 2.07. The van der Waals surface area contributed by atoms with Gasteiger partial charge in [0, 0.05) is 39.1 Å². The van der Waals surface area contributed by atoms with Gasteiger partial charge >= 0.3 is 0 Å². The third kappa shape index (κ3) is 14.6. The summed E-state index contributed by atoms with van der Waals surface area (Å²) in [7, 11) is -1.26. The molecule has 0 aliphatic carbocycles. The summed E-state index contributed by atoms with van der Waals surface area (Å²) in [4.78, 5) is 4.04. The van der Waals surface area contributed by atoms with E-state index in [-0.39, 0.29) is 35.5 Å². The minimum atomic E-state index is -2.93. The lowest BCUT2D eigenvalue weighted by Crippen LogP contribution is -2.40. The minimum Gasteiger partial charge on any atom is -0.381 e. The number of nitrogens with zero attached hydrogens (tertiary/aromatic N) is 1. The molecule has 2 N–H and O–H groups in total. The van der Waals surface area contributed by atoms with Crippen LogP contribution < -0.4 is 10.6 Å². The van der Waals surface area contributed by atoms with Crippen LogP contribution in [0.5, 0.6) is 0 Å². The Hall–Kier alpha value is -0.0900. The molecule has 0 aliphatic heterocycles. The third-order valence-corrected chi connectivity index (χ3v) is 4.28. The number of ether oxygens (including phenoxy) is 1. The molecule has 0 bridgehead atoms. The number of halogens is 1. The second-order valence-corrected chi connectivity index (χ2v) is 7.46. The van der Waals surface area contributed by atoms with Crippen LogP contribution in [0, 0.1) is 5.92 Å². The number of hydrogen-bond donors (Lipinski definition) is 2. The van der Waals surface area contributed by atoms with Crippen LogP contribution in [0.1, 0.15) is 27.2 Å². The molecule has 0 rings (SSSR count). The van der Waals surface area contributed by atoms with Gasteiger partial charge in [0.25, 0.3) is 0 Å². The summed E-state index contributed by atoms with van der Waals surface area (Å²) in [6, 6.07) is 0. The van der Waals surface area contributed by atoms with Crippen molar-refractivity contribution in [3.8, 4) is 0 Å². The van der Waals surface area contributed by atoms with Crippen LogP contribution in [-0.2, 0) is 14.6 Å². The van der Waals surface area contributed by atoms with Crippen LogP contribution in [0.3, 0.4) is 0 Å². The van der Waals surface area contributed by atoms with Crippen molar-refractivity contribution in [3.63, 3.8) is 0 Å². The Balaban J connectivity index is 0. The molecule has 0 atom stereocenters. The van der Waals surface area contributed by atoms with Gasteiger partial charge in [0.15, 0.2) is 15.8 Å². The summed E-state index contributed by atoms with van der Waals surface area (Å²) in [6.45, 7) is 8.51. The standard InChI is InChI=1S/C13H29N3O3S.HI/c1-5-20(17,18)10-8-16-13(14-4)15-7-6-9-19-11-12(2)3;/h12H,5-11H2,1-4H3,(H2,14,15,16);1H. The van der Waals surface area contributed by atoms with Gasteiger partial charge in [0.05, 0.1) is 5.75 Å². The largest absolute Gasteiger partial charge is 0.381 e. The topological polar surface area (TPSA) is 79.8 Å². The normalized spacial score (nSPS) is 12.1. The Morgan fingerprint density at radius 3 is 2.38 bits per heavy atom. The number of sulfone groups is 1. The van der Waals surface area contributed by atoms with Crippen molar-refractivity contribution in [2.45, 2.75) is 27.2 Å². The number of nitrogens with one attached hydrogen (secondary N) is 2. The van der Waals surface area contributed by atoms with E-state index in [0.29, 0.717) is 25.0 Å². The fourth-order valence-corrected chi connectivity index (χ4v) is 2.09. The average Bonchev–Trinajstić information content (AvgIpc) is 2.40. The Bertz CT molecular complexity index is 373. The van der Waals surface area contributed by atoms with Gasteiger partial charge in [-0.3, -0.25) is 4.99 Å². The maximum atomic E-state index is 11.3. The summed E-state index contributed by atoms with van der Waals surface area (Å²) < 4.78 is 28.2. The highest BCUT2D eigenvalue weighted by molar-refractivity contribution is 14.0. The SMILES string of the molecule is CCS(=O)(=O)CCNC(=NC)NCCCOCC(C)C.I. The summed E-state index contributed by atoms with van der Waals surface area (Å²) in [5.74, 6) is 1.48. The van der Waals surface area contributed by atoms with Crippen molar-refractivity contribution >= 4 is 39.8 Å². The fourth-order valence-electron chi connectivity index (χ4n) is 1.39. The van der Waals surface area contributed by atoms with Crippen molar-refractivity contribution in [1.82, 2.24) is 10.6 Å². The molecule has 0 aliphatic rings. The lowest BCUT2D eigenvalue weighted by molar-refractivity contribution is 0.108. The molecule has 0 radical (unpaired) electrons. The second kappa shape index (κ2) is 13.6. The Kier molecular flexibility index (Phi) is 15.0. The smallest absolute Gasteiger partial charge is 0.191 e. The van der Waals surface area contributed by atoms with Gasteiger partial charge in [0.2, 0.25) is 0 Å². The summed E-state index contributed by atoms with van der Waals surface area (Å²) in [6.07, 6.45) is 0.890. The van der Waals surface area contributed by atoms with Gasteiger partial charge in [-0.2, -0.15) is 0 Å². The molecule has 0 spiro atoms. The molecule has 0 saturated carbocycles. The van der Waals surface area contributed by atoms with E-state index in [4.69, 9.17) is 4.74 Å². The van der Waals surface area contributed by atoms with Crippen LogP contribution in [0.25, 0.3) is 0 Å². The molecule has 0 amide bonds. The zero-order chi connectivity index (χ0) is 15.4. The van der Waals surface area contributed by atoms with Crippen LogP contribution in [-0.4, -0.2) is 59.2 Å². The quantitative estimate of drug-likeness (QED) is 0.234. The molecule has 21 heavy (non-hydrogen) atoms. The summed E-state index contributed by atoms with van der Waals surface area (Å²) in [5, 5.41) is 6.11. The number of guanidine groups is 1. The molecule has 6 nitrogen and oxygen atoms in total. The first-order valence-electron chi connectivity index (χ1n) is 7.14. The predicted molar refractivity (Wildman–Crippen MR) is 99.4 cm³/mol. The van der Waals surface area contributed by atoms with Gasteiger partial charge in [-0.25, -0.2) is 8.42 Å². The molecule has 0 aromatic heterocycles. The monoisotopic (exact) mass is 435 g/mol. The average molecular weight is 435 g/mol. The predicted octanol–water partition coefficient (Wildman–Crippen LogP) is 1.27. The van der Waals surface area contributed by atoms with Crippen LogP contribution in [0.15, 0.2) is 4.99 Å². The second-order valence-electron chi connectivity index (χ2n) is 4.98. The highest BCUT2D eigenvalue weighted by atomic mass is 127.